The Hall–Kier alpha value is -2.00. The van der Waals surface area contributed by atoms with Crippen LogP contribution in [0.5, 0.6) is 0 Å². The average Bonchev–Trinajstić information content (AvgIpc) is 2.55. The van der Waals surface area contributed by atoms with Crippen molar-refractivity contribution in [2.45, 2.75) is 16.7 Å². The molecule has 0 saturated carbocycles. The highest BCUT2D eigenvalue weighted by Crippen LogP contribution is 2.21. The Morgan fingerprint density at radius 3 is 2.18 bits per heavy atom. The highest BCUT2D eigenvalue weighted by atomic mass is 32.2. The number of hydrogen-bond acceptors (Lipinski definition) is 6. The normalized spacial score (nSPS) is 12.1. The molecule has 0 fully saturated rings. The largest absolute Gasteiger partial charge is 0.266 e. The predicted molar refractivity (Wildman–Crippen MR) is 81.8 cm³/mol. The van der Waals surface area contributed by atoms with Crippen molar-refractivity contribution in [1.29, 1.82) is 0 Å². The van der Waals surface area contributed by atoms with Crippen LogP contribution in [0.1, 0.15) is 6.92 Å². The second-order valence-electron chi connectivity index (χ2n) is 4.40. The molecule has 0 aliphatic rings. The van der Waals surface area contributed by atoms with Crippen LogP contribution in [0, 0.1) is 0 Å². The molecule has 2 rings (SSSR count). The van der Waals surface area contributed by atoms with Crippen molar-refractivity contribution in [3.63, 3.8) is 0 Å². The van der Waals surface area contributed by atoms with Crippen LogP contribution >= 0.6 is 0 Å². The highest BCUT2D eigenvalue weighted by molar-refractivity contribution is 7.93. The van der Waals surface area contributed by atoms with Crippen LogP contribution in [-0.2, 0) is 19.9 Å². The number of sulfonamides is 1. The van der Waals surface area contributed by atoms with Crippen molar-refractivity contribution in [2.24, 2.45) is 0 Å². The minimum atomic E-state index is -3.94. The molecule has 2 aromatic rings. The van der Waals surface area contributed by atoms with Gasteiger partial charge in [-0.15, -0.1) is 0 Å². The highest BCUT2D eigenvalue weighted by Gasteiger charge is 2.24. The molecule has 9 heteroatoms. The summed E-state index contributed by atoms with van der Waals surface area (Å²) in [5.74, 6) is -0.0973. The maximum absolute atomic E-state index is 12.6. The van der Waals surface area contributed by atoms with E-state index < -0.39 is 19.9 Å². The Morgan fingerprint density at radius 1 is 1.00 bits per heavy atom. The van der Waals surface area contributed by atoms with Crippen molar-refractivity contribution < 1.29 is 16.8 Å². The number of rotatable bonds is 5. The van der Waals surface area contributed by atoms with E-state index in [2.05, 4.69) is 9.97 Å². The molecule has 1 aromatic heterocycles. The van der Waals surface area contributed by atoms with Crippen LogP contribution in [0.3, 0.4) is 0 Å². The summed E-state index contributed by atoms with van der Waals surface area (Å²) in [5.41, 5.74) is 0. The van der Waals surface area contributed by atoms with Crippen molar-refractivity contribution in [3.05, 3.63) is 42.7 Å². The van der Waals surface area contributed by atoms with Gasteiger partial charge in [-0.05, 0) is 24.3 Å². The fourth-order valence-corrected chi connectivity index (χ4v) is 3.87. The van der Waals surface area contributed by atoms with Crippen LogP contribution in [0.25, 0.3) is 0 Å². The third kappa shape index (κ3) is 3.09. The fraction of sp³-hybridized carbons (Fsp3) is 0.231. The van der Waals surface area contributed by atoms with Crippen LogP contribution in [0.15, 0.2) is 52.5 Å². The first kappa shape index (κ1) is 16.4. The second kappa shape index (κ2) is 6.01. The van der Waals surface area contributed by atoms with E-state index in [0.29, 0.717) is 0 Å². The van der Waals surface area contributed by atoms with E-state index in [4.69, 9.17) is 0 Å². The summed E-state index contributed by atoms with van der Waals surface area (Å²) < 4.78 is 49.8. The van der Waals surface area contributed by atoms with Crippen molar-refractivity contribution in [1.82, 2.24) is 9.97 Å². The van der Waals surface area contributed by atoms with Gasteiger partial charge in [0.05, 0.1) is 15.5 Å². The summed E-state index contributed by atoms with van der Waals surface area (Å²) in [6.07, 6.45) is 2.85. The van der Waals surface area contributed by atoms with E-state index in [1.807, 2.05) is 0 Å². The zero-order valence-electron chi connectivity index (χ0n) is 12.0. The molecule has 1 aromatic carbocycles. The van der Waals surface area contributed by atoms with Gasteiger partial charge < -0.3 is 0 Å². The number of sulfone groups is 1. The summed E-state index contributed by atoms with van der Waals surface area (Å²) in [7, 11) is -6.11. The Bertz CT molecular complexity index is 865. The number of nitrogens with zero attached hydrogens (tertiary/aromatic N) is 3. The van der Waals surface area contributed by atoms with E-state index in [0.717, 1.165) is 10.4 Å². The molecular weight excluding hydrogens is 326 g/mol. The SMILES string of the molecule is CCS(=O)(=O)c1cccc(S(=O)(=O)N(C)c2ncccn2)c1. The Morgan fingerprint density at radius 2 is 1.59 bits per heavy atom. The lowest BCUT2D eigenvalue weighted by Crippen LogP contribution is -2.28. The molecule has 0 bridgehead atoms. The molecule has 0 atom stereocenters. The number of benzene rings is 1. The third-order valence-corrected chi connectivity index (χ3v) is 6.50. The van der Waals surface area contributed by atoms with Gasteiger partial charge in [0.2, 0.25) is 5.95 Å². The average molecular weight is 341 g/mol. The summed E-state index contributed by atoms with van der Waals surface area (Å²) in [5, 5.41) is 0. The molecule has 0 saturated heterocycles. The van der Waals surface area contributed by atoms with Gasteiger partial charge in [0.1, 0.15) is 0 Å². The summed E-state index contributed by atoms with van der Waals surface area (Å²) in [6.45, 7) is 1.50. The maximum atomic E-state index is 12.6. The molecular formula is C13H15N3O4S2. The van der Waals surface area contributed by atoms with Crippen molar-refractivity contribution >= 4 is 25.8 Å². The van der Waals surface area contributed by atoms with Gasteiger partial charge in [0, 0.05) is 19.4 Å². The lowest BCUT2D eigenvalue weighted by Gasteiger charge is -2.17. The van der Waals surface area contributed by atoms with Crippen LogP contribution in [0.4, 0.5) is 5.95 Å². The summed E-state index contributed by atoms with van der Waals surface area (Å²) >= 11 is 0. The van der Waals surface area contributed by atoms with Gasteiger partial charge in [0.15, 0.2) is 9.84 Å². The fourth-order valence-electron chi connectivity index (χ4n) is 1.71. The minimum Gasteiger partial charge on any atom is -0.237 e. The van der Waals surface area contributed by atoms with Gasteiger partial charge in [-0.1, -0.05) is 13.0 Å². The van der Waals surface area contributed by atoms with Crippen molar-refractivity contribution in [2.75, 3.05) is 17.1 Å². The van der Waals surface area contributed by atoms with E-state index in [9.17, 15) is 16.8 Å². The minimum absolute atomic E-state index is 0.00579. The zero-order chi connectivity index (χ0) is 16.4. The molecule has 0 amide bonds. The Labute approximate surface area is 129 Å². The van der Waals surface area contributed by atoms with Crippen LogP contribution in [0.2, 0.25) is 0 Å². The zero-order valence-corrected chi connectivity index (χ0v) is 13.7. The first-order valence-corrected chi connectivity index (χ1v) is 9.47. The van der Waals surface area contributed by atoms with Gasteiger partial charge in [-0.2, -0.15) is 0 Å². The molecule has 7 nitrogen and oxygen atoms in total. The van der Waals surface area contributed by atoms with Crippen LogP contribution in [-0.4, -0.2) is 39.6 Å². The summed E-state index contributed by atoms with van der Waals surface area (Å²) in [4.78, 5) is 7.59. The molecule has 0 aliphatic carbocycles. The molecule has 0 spiro atoms. The predicted octanol–water partition coefficient (Wildman–Crippen LogP) is 1.10. The van der Waals surface area contributed by atoms with Gasteiger partial charge in [-0.25, -0.2) is 31.1 Å². The van der Waals surface area contributed by atoms with Crippen LogP contribution < -0.4 is 4.31 Å². The summed E-state index contributed by atoms with van der Waals surface area (Å²) in [6, 6.07) is 6.82. The molecule has 22 heavy (non-hydrogen) atoms. The van der Waals surface area contributed by atoms with Gasteiger partial charge in [-0.3, -0.25) is 0 Å². The first-order chi connectivity index (χ1) is 10.3. The molecule has 0 radical (unpaired) electrons. The Balaban J connectivity index is 2.49. The molecule has 1 heterocycles. The maximum Gasteiger partial charge on any atom is 0.266 e. The molecule has 118 valence electrons. The molecule has 0 N–H and O–H groups in total. The second-order valence-corrected chi connectivity index (χ2v) is 8.65. The van der Waals surface area contributed by atoms with E-state index in [1.54, 1.807) is 6.07 Å². The first-order valence-electron chi connectivity index (χ1n) is 6.38. The smallest absolute Gasteiger partial charge is 0.237 e. The van der Waals surface area contributed by atoms with E-state index >= 15 is 0 Å². The quantitative estimate of drug-likeness (QED) is 0.808. The lowest BCUT2D eigenvalue weighted by atomic mass is 10.4. The molecule has 0 unspecified atom stereocenters. The van der Waals surface area contributed by atoms with Gasteiger partial charge >= 0.3 is 0 Å². The van der Waals surface area contributed by atoms with E-state index in [1.165, 1.54) is 44.6 Å². The molecule has 0 aliphatic heterocycles. The lowest BCUT2D eigenvalue weighted by molar-refractivity contribution is 0.592. The van der Waals surface area contributed by atoms with Gasteiger partial charge in [0.25, 0.3) is 10.0 Å². The van der Waals surface area contributed by atoms with Crippen molar-refractivity contribution in [3.8, 4) is 0 Å². The topological polar surface area (TPSA) is 97.3 Å². The Kier molecular flexibility index (Phi) is 4.47. The number of aromatic nitrogens is 2. The number of anilines is 1. The third-order valence-electron chi connectivity index (χ3n) is 3.04. The number of hydrogen-bond donors (Lipinski definition) is 0. The van der Waals surface area contributed by atoms with E-state index in [-0.39, 0.29) is 21.5 Å². The monoisotopic (exact) mass is 341 g/mol. The standard InChI is InChI=1S/C13H15N3O4S2/c1-3-21(17,18)11-6-4-7-12(10-11)22(19,20)16(2)13-14-8-5-9-15-13/h4-10H,3H2,1-2H3.